The Labute approximate surface area is 161 Å². The number of aromatic nitrogens is 2. The lowest BCUT2D eigenvalue weighted by molar-refractivity contribution is 0.00926. The number of hydrogen-bond acceptors (Lipinski definition) is 7. The highest BCUT2D eigenvalue weighted by atomic mass is 16.3. The summed E-state index contributed by atoms with van der Waals surface area (Å²) in [6.45, 7) is 6.70. The van der Waals surface area contributed by atoms with Crippen LogP contribution in [0.2, 0.25) is 0 Å². The molecule has 2 aromatic rings. The van der Waals surface area contributed by atoms with Crippen LogP contribution >= 0.6 is 0 Å². The molecule has 0 bridgehead atoms. The van der Waals surface area contributed by atoms with E-state index in [1.807, 2.05) is 19.1 Å². The van der Waals surface area contributed by atoms with Crippen molar-refractivity contribution in [3.63, 3.8) is 0 Å². The van der Waals surface area contributed by atoms with Gasteiger partial charge in [-0.2, -0.15) is 10.2 Å². The van der Waals surface area contributed by atoms with Gasteiger partial charge in [0.15, 0.2) is 0 Å². The SMILES string of the molecule is Cc1ccc(CCNc2ncc(C#N)c(N[C@@H]3CC[C@H](O)C(C)(C)C3)n2)o1.[HH]. The number of aryl methyl sites for hydroxylation is 1. The highest BCUT2D eigenvalue weighted by Gasteiger charge is 2.35. The molecule has 0 aliphatic heterocycles. The molecule has 0 spiro atoms. The van der Waals surface area contributed by atoms with E-state index in [9.17, 15) is 10.4 Å². The van der Waals surface area contributed by atoms with Crippen molar-refractivity contribution >= 4 is 11.8 Å². The van der Waals surface area contributed by atoms with Gasteiger partial charge in [0.05, 0.1) is 12.3 Å². The van der Waals surface area contributed by atoms with Crippen molar-refractivity contribution in [2.45, 2.75) is 58.6 Å². The van der Waals surface area contributed by atoms with Crippen molar-refractivity contribution in [3.8, 4) is 6.07 Å². The second kappa shape index (κ2) is 7.97. The molecule has 27 heavy (non-hydrogen) atoms. The molecule has 146 valence electrons. The zero-order valence-electron chi connectivity index (χ0n) is 16.1. The highest BCUT2D eigenvalue weighted by Crippen LogP contribution is 2.36. The Kier molecular flexibility index (Phi) is 5.66. The number of nitrogens with one attached hydrogen (secondary N) is 2. The molecule has 7 nitrogen and oxygen atoms in total. The average Bonchev–Trinajstić information content (AvgIpc) is 3.03. The molecule has 0 aromatic carbocycles. The first kappa shape index (κ1) is 19.2. The molecule has 0 saturated heterocycles. The lowest BCUT2D eigenvalue weighted by atomic mass is 9.73. The topological polar surface area (TPSA) is 107 Å². The van der Waals surface area contributed by atoms with Crippen LogP contribution in [-0.4, -0.2) is 33.8 Å². The molecule has 0 amide bonds. The molecule has 2 heterocycles. The van der Waals surface area contributed by atoms with E-state index in [1.54, 1.807) is 0 Å². The third-order valence-corrected chi connectivity index (χ3v) is 5.16. The number of furan rings is 1. The summed E-state index contributed by atoms with van der Waals surface area (Å²) in [6, 6.07) is 6.22. The monoisotopic (exact) mass is 371 g/mol. The van der Waals surface area contributed by atoms with Crippen molar-refractivity contribution in [1.82, 2.24) is 9.97 Å². The molecule has 2 aromatic heterocycles. The number of rotatable bonds is 6. The smallest absolute Gasteiger partial charge is 0.224 e. The number of nitriles is 1. The van der Waals surface area contributed by atoms with Crippen LogP contribution < -0.4 is 10.6 Å². The minimum absolute atomic E-state index is 0. The van der Waals surface area contributed by atoms with Crippen LogP contribution in [0.1, 0.15) is 51.6 Å². The summed E-state index contributed by atoms with van der Waals surface area (Å²) in [5.41, 5.74) is 0.268. The van der Waals surface area contributed by atoms with Gasteiger partial charge in [0.2, 0.25) is 5.95 Å². The van der Waals surface area contributed by atoms with Gasteiger partial charge in [0, 0.05) is 20.4 Å². The number of aliphatic hydroxyl groups excluding tert-OH is 1. The molecule has 0 radical (unpaired) electrons. The number of nitrogens with zero attached hydrogens (tertiary/aromatic N) is 3. The number of aliphatic hydroxyl groups is 1. The van der Waals surface area contributed by atoms with Gasteiger partial charge in [0.25, 0.3) is 0 Å². The van der Waals surface area contributed by atoms with Crippen molar-refractivity contribution < 1.29 is 11.0 Å². The molecule has 3 rings (SSSR count). The zero-order valence-corrected chi connectivity index (χ0v) is 16.1. The van der Waals surface area contributed by atoms with E-state index in [0.29, 0.717) is 23.9 Å². The Balaban J connectivity index is 0.00000280. The van der Waals surface area contributed by atoms with Crippen molar-refractivity contribution in [2.24, 2.45) is 5.41 Å². The fraction of sp³-hybridized carbons (Fsp3) is 0.550. The largest absolute Gasteiger partial charge is 0.466 e. The van der Waals surface area contributed by atoms with E-state index in [1.165, 1.54) is 6.20 Å². The first-order valence-electron chi connectivity index (χ1n) is 9.38. The Bertz CT molecular complexity index is 830. The van der Waals surface area contributed by atoms with Gasteiger partial charge >= 0.3 is 0 Å². The molecule has 1 aliphatic carbocycles. The number of anilines is 2. The lowest BCUT2D eigenvalue weighted by Crippen LogP contribution is -2.41. The summed E-state index contributed by atoms with van der Waals surface area (Å²) in [7, 11) is 0. The van der Waals surface area contributed by atoms with Crippen molar-refractivity contribution in [3.05, 3.63) is 35.4 Å². The van der Waals surface area contributed by atoms with Gasteiger partial charge in [-0.3, -0.25) is 0 Å². The first-order valence-corrected chi connectivity index (χ1v) is 9.38. The summed E-state index contributed by atoms with van der Waals surface area (Å²) in [5, 5.41) is 26.1. The van der Waals surface area contributed by atoms with Crippen LogP contribution in [0.5, 0.6) is 0 Å². The maximum absolute atomic E-state index is 10.1. The predicted octanol–water partition coefficient (Wildman–Crippen LogP) is 3.50. The van der Waals surface area contributed by atoms with Gasteiger partial charge in [-0.15, -0.1) is 0 Å². The third-order valence-electron chi connectivity index (χ3n) is 5.16. The standard InChI is InChI=1S/C20H27N5O2.H2/c1-13-4-6-16(27-13)8-9-22-19-23-12-14(11-21)18(25-19)24-15-5-7-17(26)20(2,3)10-15;/h4,6,12,15,17,26H,5,7-10H2,1-3H3,(H2,22,23,24,25);1H/t15-,17+;/m1./s1. The predicted molar refractivity (Wildman–Crippen MR) is 106 cm³/mol. The summed E-state index contributed by atoms with van der Waals surface area (Å²) in [4.78, 5) is 8.72. The van der Waals surface area contributed by atoms with Gasteiger partial charge in [-0.05, 0) is 43.7 Å². The summed E-state index contributed by atoms with van der Waals surface area (Å²) in [5.74, 6) is 2.83. The van der Waals surface area contributed by atoms with Gasteiger partial charge < -0.3 is 20.2 Å². The fourth-order valence-corrected chi connectivity index (χ4v) is 3.52. The van der Waals surface area contributed by atoms with E-state index in [4.69, 9.17) is 4.42 Å². The minimum atomic E-state index is -0.293. The van der Waals surface area contributed by atoms with E-state index in [2.05, 4.69) is 40.5 Å². The zero-order chi connectivity index (χ0) is 19.4. The van der Waals surface area contributed by atoms with Gasteiger partial charge in [-0.1, -0.05) is 13.8 Å². The fourth-order valence-electron chi connectivity index (χ4n) is 3.52. The van der Waals surface area contributed by atoms with E-state index in [-0.39, 0.29) is 19.0 Å². The Morgan fingerprint density at radius 3 is 2.89 bits per heavy atom. The lowest BCUT2D eigenvalue weighted by Gasteiger charge is -2.40. The minimum Gasteiger partial charge on any atom is -0.466 e. The quantitative estimate of drug-likeness (QED) is 0.713. The average molecular weight is 371 g/mol. The van der Waals surface area contributed by atoms with Crippen LogP contribution in [0.25, 0.3) is 0 Å². The van der Waals surface area contributed by atoms with Crippen LogP contribution in [0.15, 0.2) is 22.7 Å². The molecule has 1 fully saturated rings. The maximum atomic E-state index is 10.1. The molecule has 1 saturated carbocycles. The van der Waals surface area contributed by atoms with Crippen LogP contribution in [0.4, 0.5) is 11.8 Å². The molecule has 0 unspecified atom stereocenters. The van der Waals surface area contributed by atoms with Crippen molar-refractivity contribution in [1.29, 1.82) is 5.26 Å². The van der Waals surface area contributed by atoms with Crippen molar-refractivity contribution in [2.75, 3.05) is 17.2 Å². The van der Waals surface area contributed by atoms with E-state index >= 15 is 0 Å². The van der Waals surface area contributed by atoms with Crippen LogP contribution in [-0.2, 0) is 6.42 Å². The summed E-state index contributed by atoms with van der Waals surface area (Å²) >= 11 is 0. The summed E-state index contributed by atoms with van der Waals surface area (Å²) in [6.07, 6.45) is 4.39. The molecule has 1 aliphatic rings. The highest BCUT2D eigenvalue weighted by molar-refractivity contribution is 5.54. The Morgan fingerprint density at radius 2 is 2.22 bits per heavy atom. The normalized spacial score (nSPS) is 21.4. The van der Waals surface area contributed by atoms with Crippen LogP contribution in [0.3, 0.4) is 0 Å². The van der Waals surface area contributed by atoms with Gasteiger partial charge in [0.1, 0.15) is 29.0 Å². The third kappa shape index (κ3) is 4.77. The van der Waals surface area contributed by atoms with Crippen LogP contribution in [0, 0.1) is 23.7 Å². The van der Waals surface area contributed by atoms with E-state index < -0.39 is 0 Å². The Hall–Kier alpha value is -2.59. The second-order valence-corrected chi connectivity index (χ2v) is 7.88. The molecule has 7 heteroatoms. The molecular weight excluding hydrogens is 342 g/mol. The maximum Gasteiger partial charge on any atom is 0.224 e. The number of hydrogen-bond donors (Lipinski definition) is 3. The molecular formula is C20H29N5O2. The second-order valence-electron chi connectivity index (χ2n) is 7.88. The van der Waals surface area contributed by atoms with Gasteiger partial charge in [-0.25, -0.2) is 4.98 Å². The molecule has 2 atom stereocenters. The first-order chi connectivity index (χ1) is 12.9. The Morgan fingerprint density at radius 1 is 1.41 bits per heavy atom. The summed E-state index contributed by atoms with van der Waals surface area (Å²) < 4.78 is 5.55. The van der Waals surface area contributed by atoms with E-state index in [0.717, 1.165) is 37.2 Å². The molecule has 3 N–H and O–H groups in total.